The Morgan fingerprint density at radius 1 is 1.59 bits per heavy atom. The summed E-state index contributed by atoms with van der Waals surface area (Å²) in [5, 5.41) is 1.66. The zero-order chi connectivity index (χ0) is 13.1. The first kappa shape index (κ1) is 14.7. The van der Waals surface area contributed by atoms with Crippen molar-refractivity contribution in [3.63, 3.8) is 0 Å². The van der Waals surface area contributed by atoms with Crippen molar-refractivity contribution >= 4 is 43.2 Å². The third-order valence-corrected chi connectivity index (χ3v) is 5.76. The van der Waals surface area contributed by atoms with Crippen LogP contribution in [0.4, 0.5) is 0 Å². The number of thiophene rings is 1. The lowest BCUT2D eigenvalue weighted by atomic mass is 10.1. The number of rotatable bonds is 5. The van der Waals surface area contributed by atoms with Gasteiger partial charge < -0.3 is 0 Å². The molecule has 96 valence electrons. The Hall–Kier alpha value is -0.400. The van der Waals surface area contributed by atoms with Gasteiger partial charge in [0.25, 0.3) is 10.0 Å². The van der Waals surface area contributed by atoms with E-state index in [1.807, 2.05) is 6.92 Å². The highest BCUT2D eigenvalue weighted by molar-refractivity contribution is 9.10. The molecule has 17 heavy (non-hydrogen) atoms. The summed E-state index contributed by atoms with van der Waals surface area (Å²) in [6.45, 7) is 3.67. The van der Waals surface area contributed by atoms with Gasteiger partial charge in [0.1, 0.15) is 4.21 Å². The SMILES string of the molecule is CCCC(C)C(=O)NS(=O)(=O)c1cc(Br)cs1. The molecule has 0 aromatic carbocycles. The highest BCUT2D eigenvalue weighted by Crippen LogP contribution is 2.24. The van der Waals surface area contributed by atoms with Gasteiger partial charge in [-0.25, -0.2) is 13.1 Å². The van der Waals surface area contributed by atoms with Crippen LogP contribution in [0, 0.1) is 5.92 Å². The van der Waals surface area contributed by atoms with Crippen LogP contribution in [0.25, 0.3) is 0 Å². The predicted molar refractivity (Wildman–Crippen MR) is 71.4 cm³/mol. The molecule has 1 aromatic rings. The molecule has 4 nitrogen and oxygen atoms in total. The molecule has 0 saturated heterocycles. The topological polar surface area (TPSA) is 63.2 Å². The van der Waals surface area contributed by atoms with Crippen molar-refractivity contribution in [2.75, 3.05) is 0 Å². The first-order valence-electron chi connectivity index (χ1n) is 5.17. The van der Waals surface area contributed by atoms with Crippen LogP contribution >= 0.6 is 27.3 Å². The summed E-state index contributed by atoms with van der Waals surface area (Å²) in [6.07, 6.45) is 1.52. The van der Waals surface area contributed by atoms with Crippen LogP contribution in [0.2, 0.25) is 0 Å². The summed E-state index contributed by atoms with van der Waals surface area (Å²) in [6, 6.07) is 1.48. The van der Waals surface area contributed by atoms with E-state index in [0.29, 0.717) is 10.9 Å². The van der Waals surface area contributed by atoms with Crippen LogP contribution in [-0.4, -0.2) is 14.3 Å². The van der Waals surface area contributed by atoms with Crippen molar-refractivity contribution in [1.29, 1.82) is 0 Å². The van der Waals surface area contributed by atoms with Gasteiger partial charge in [0.05, 0.1) is 0 Å². The molecule has 1 N–H and O–H groups in total. The second-order valence-corrected chi connectivity index (χ2v) is 7.48. The van der Waals surface area contributed by atoms with Crippen LogP contribution in [0.1, 0.15) is 26.7 Å². The molecule has 1 unspecified atom stereocenters. The minimum atomic E-state index is -3.71. The van der Waals surface area contributed by atoms with E-state index >= 15 is 0 Å². The molecule has 1 atom stereocenters. The largest absolute Gasteiger partial charge is 0.274 e. The predicted octanol–water partition coefficient (Wildman–Crippen LogP) is 2.75. The second kappa shape index (κ2) is 5.97. The summed E-state index contributed by atoms with van der Waals surface area (Å²) in [7, 11) is -3.71. The molecular weight excluding hydrogens is 326 g/mol. The summed E-state index contributed by atoms with van der Waals surface area (Å²) in [5.74, 6) is -0.741. The van der Waals surface area contributed by atoms with E-state index in [9.17, 15) is 13.2 Å². The average Bonchev–Trinajstić information content (AvgIpc) is 2.65. The van der Waals surface area contributed by atoms with Gasteiger partial charge in [0, 0.05) is 15.8 Å². The Morgan fingerprint density at radius 2 is 2.24 bits per heavy atom. The van der Waals surface area contributed by atoms with Crippen LogP contribution in [-0.2, 0) is 14.8 Å². The van der Waals surface area contributed by atoms with Gasteiger partial charge in [-0.1, -0.05) is 20.3 Å². The van der Waals surface area contributed by atoms with Crippen LogP contribution in [0.5, 0.6) is 0 Å². The molecule has 0 aliphatic rings. The number of sulfonamides is 1. The Bertz CT molecular complexity index is 495. The summed E-state index contributed by atoms with van der Waals surface area (Å²) < 4.78 is 26.6. The van der Waals surface area contributed by atoms with Crippen molar-refractivity contribution in [2.45, 2.75) is 30.9 Å². The third-order valence-electron chi connectivity index (χ3n) is 2.21. The zero-order valence-electron chi connectivity index (χ0n) is 9.57. The second-order valence-electron chi connectivity index (χ2n) is 3.74. The fraction of sp³-hybridized carbons (Fsp3) is 0.500. The van der Waals surface area contributed by atoms with Crippen LogP contribution in [0.3, 0.4) is 0 Å². The number of nitrogens with one attached hydrogen (secondary N) is 1. The van der Waals surface area contributed by atoms with Crippen molar-refractivity contribution in [3.05, 3.63) is 15.9 Å². The van der Waals surface area contributed by atoms with Crippen LogP contribution < -0.4 is 4.72 Å². The smallest absolute Gasteiger partial charge is 0.273 e. The molecule has 0 aliphatic carbocycles. The summed E-state index contributed by atoms with van der Waals surface area (Å²) >= 11 is 4.25. The van der Waals surface area contributed by atoms with E-state index in [-0.39, 0.29) is 10.1 Å². The van der Waals surface area contributed by atoms with Gasteiger partial charge in [-0.2, -0.15) is 0 Å². The summed E-state index contributed by atoms with van der Waals surface area (Å²) in [4.78, 5) is 11.6. The van der Waals surface area contributed by atoms with E-state index in [2.05, 4.69) is 20.7 Å². The van der Waals surface area contributed by atoms with Crippen molar-refractivity contribution < 1.29 is 13.2 Å². The fourth-order valence-corrected chi connectivity index (χ4v) is 4.21. The Labute approximate surface area is 114 Å². The molecule has 0 fully saturated rings. The number of halogens is 1. The molecular formula is C10H14BrNO3S2. The molecule has 1 amide bonds. The zero-order valence-corrected chi connectivity index (χ0v) is 12.8. The third kappa shape index (κ3) is 4.08. The number of amides is 1. The minimum absolute atomic E-state index is 0.140. The Kier molecular flexibility index (Phi) is 5.15. The van der Waals surface area contributed by atoms with E-state index in [0.717, 1.165) is 17.8 Å². The van der Waals surface area contributed by atoms with E-state index in [4.69, 9.17) is 0 Å². The molecule has 7 heteroatoms. The fourth-order valence-electron chi connectivity index (χ4n) is 1.28. The van der Waals surface area contributed by atoms with E-state index < -0.39 is 15.9 Å². The van der Waals surface area contributed by atoms with Gasteiger partial charge in [-0.3, -0.25) is 4.79 Å². The standard InChI is InChI=1S/C10H14BrNO3S2/c1-3-4-7(2)10(13)12-17(14,15)9-5-8(11)6-16-9/h5-7H,3-4H2,1-2H3,(H,12,13). The molecule has 0 saturated carbocycles. The molecule has 0 spiro atoms. The molecule has 0 radical (unpaired) electrons. The number of carbonyl (C=O) groups excluding carboxylic acids is 1. The number of hydrogen-bond acceptors (Lipinski definition) is 4. The van der Waals surface area contributed by atoms with Gasteiger partial charge in [-0.15, -0.1) is 11.3 Å². The number of carbonyl (C=O) groups is 1. The van der Waals surface area contributed by atoms with Crippen molar-refractivity contribution in [3.8, 4) is 0 Å². The van der Waals surface area contributed by atoms with Gasteiger partial charge in [-0.05, 0) is 28.4 Å². The highest BCUT2D eigenvalue weighted by atomic mass is 79.9. The molecule has 0 bridgehead atoms. The first-order valence-corrected chi connectivity index (χ1v) is 8.33. The van der Waals surface area contributed by atoms with Crippen molar-refractivity contribution in [1.82, 2.24) is 4.72 Å². The summed E-state index contributed by atoms with van der Waals surface area (Å²) in [5.41, 5.74) is 0. The maximum atomic E-state index is 11.8. The average molecular weight is 340 g/mol. The van der Waals surface area contributed by atoms with E-state index in [1.165, 1.54) is 6.07 Å². The molecule has 1 rings (SSSR count). The minimum Gasteiger partial charge on any atom is -0.274 e. The van der Waals surface area contributed by atoms with Crippen LogP contribution in [0.15, 0.2) is 20.1 Å². The lowest BCUT2D eigenvalue weighted by molar-refractivity contribution is -0.122. The maximum absolute atomic E-state index is 11.8. The molecule has 1 aromatic heterocycles. The Morgan fingerprint density at radius 3 is 2.71 bits per heavy atom. The van der Waals surface area contributed by atoms with E-state index in [1.54, 1.807) is 12.3 Å². The number of hydrogen-bond donors (Lipinski definition) is 1. The molecule has 1 heterocycles. The molecule has 0 aliphatic heterocycles. The normalized spacial score (nSPS) is 13.4. The van der Waals surface area contributed by atoms with Crippen molar-refractivity contribution in [2.24, 2.45) is 5.92 Å². The lowest BCUT2D eigenvalue weighted by Gasteiger charge is -2.10. The quantitative estimate of drug-likeness (QED) is 0.896. The Balaban J connectivity index is 2.77. The monoisotopic (exact) mass is 339 g/mol. The highest BCUT2D eigenvalue weighted by Gasteiger charge is 2.22. The van der Waals surface area contributed by atoms with Gasteiger partial charge >= 0.3 is 0 Å². The van der Waals surface area contributed by atoms with Gasteiger partial charge in [0.2, 0.25) is 5.91 Å². The first-order chi connectivity index (χ1) is 7.86. The maximum Gasteiger partial charge on any atom is 0.273 e. The lowest BCUT2D eigenvalue weighted by Crippen LogP contribution is -2.34. The van der Waals surface area contributed by atoms with Gasteiger partial charge in [0.15, 0.2) is 0 Å².